The Hall–Kier alpha value is -0.0800. The van der Waals surface area contributed by atoms with Crippen molar-refractivity contribution < 1.29 is 10.4 Å². The Morgan fingerprint density at radius 1 is 1.62 bits per heavy atom. The van der Waals surface area contributed by atoms with E-state index in [1.807, 2.05) is 0 Å². The Morgan fingerprint density at radius 3 is 2.75 bits per heavy atom. The van der Waals surface area contributed by atoms with Gasteiger partial charge < -0.3 is 10.4 Å². The Bertz CT molecular complexity index is 66.9. The Kier molecular flexibility index (Phi) is 1.86. The number of hydrogen-bond donors (Lipinski definition) is 2. The highest BCUT2D eigenvalue weighted by atomic mass is 16.3. The highest BCUT2D eigenvalue weighted by molar-refractivity contribution is 4.61. The molecule has 0 aromatic heterocycles. The third-order valence-electron chi connectivity index (χ3n) is 1.71. The molecule has 1 aliphatic heterocycles. The quantitative estimate of drug-likeness (QED) is 0.422. The van der Waals surface area contributed by atoms with Gasteiger partial charge in [-0.2, -0.15) is 0 Å². The third-order valence-corrected chi connectivity index (χ3v) is 1.71. The van der Waals surface area contributed by atoms with E-state index in [2.05, 4.69) is 12.2 Å². The topological polar surface area (TPSA) is 36.8 Å². The maximum absolute atomic E-state index is 9.06. The third kappa shape index (κ3) is 1.46. The van der Waals surface area contributed by atoms with Crippen LogP contribution < -0.4 is 5.32 Å². The number of rotatable bonds is 0. The molecule has 3 N–H and O–H groups in total. The van der Waals surface area contributed by atoms with Gasteiger partial charge in [0, 0.05) is 12.8 Å². The molecule has 1 heterocycles. The van der Waals surface area contributed by atoms with Crippen molar-refractivity contribution in [2.45, 2.75) is 31.9 Å². The maximum atomic E-state index is 9.06. The zero-order valence-electron chi connectivity index (χ0n) is 5.30. The van der Waals surface area contributed by atoms with Crippen molar-refractivity contribution in [2.75, 3.05) is 6.54 Å². The van der Waals surface area contributed by atoms with Gasteiger partial charge in [-0.1, -0.05) is 0 Å². The minimum absolute atomic E-state index is 0.0185. The molecule has 0 saturated carbocycles. The summed E-state index contributed by atoms with van der Waals surface area (Å²) < 4.78 is 0. The lowest BCUT2D eigenvalue weighted by Crippen LogP contribution is -2.91. The smallest absolute Gasteiger partial charge is 0.0855 e. The van der Waals surface area contributed by atoms with Crippen molar-refractivity contribution in [3.63, 3.8) is 0 Å². The lowest BCUT2D eigenvalue weighted by atomic mass is 10.0. The molecular weight excluding hydrogens is 102 g/mol. The van der Waals surface area contributed by atoms with Gasteiger partial charge in [0.25, 0.3) is 0 Å². The summed E-state index contributed by atoms with van der Waals surface area (Å²) in [5.74, 6) is 0. The first-order chi connectivity index (χ1) is 3.79. The van der Waals surface area contributed by atoms with E-state index in [4.69, 9.17) is 5.11 Å². The molecule has 1 saturated heterocycles. The molecule has 0 amide bonds. The lowest BCUT2D eigenvalue weighted by Gasteiger charge is -2.20. The molecule has 1 fully saturated rings. The standard InChI is InChI=1S/C6H13NO/c1-5-4-6(8)2-3-7-5/h5-8H,2-4H2,1H3/p+1/t5-,6-/m0/s1. The van der Waals surface area contributed by atoms with Crippen LogP contribution in [-0.4, -0.2) is 23.8 Å². The molecule has 0 aromatic carbocycles. The molecule has 48 valence electrons. The van der Waals surface area contributed by atoms with Crippen LogP contribution in [0.1, 0.15) is 19.8 Å². The van der Waals surface area contributed by atoms with Crippen LogP contribution >= 0.6 is 0 Å². The first-order valence-corrected chi connectivity index (χ1v) is 3.30. The summed E-state index contributed by atoms with van der Waals surface area (Å²) in [4.78, 5) is 0. The minimum atomic E-state index is -0.0185. The van der Waals surface area contributed by atoms with Crippen molar-refractivity contribution in [1.82, 2.24) is 0 Å². The van der Waals surface area contributed by atoms with Gasteiger partial charge in [-0.3, -0.25) is 0 Å². The van der Waals surface area contributed by atoms with Gasteiger partial charge in [0.2, 0.25) is 0 Å². The lowest BCUT2D eigenvalue weighted by molar-refractivity contribution is -0.696. The molecular formula is C6H14NO+. The number of aliphatic hydroxyl groups is 1. The van der Waals surface area contributed by atoms with E-state index in [1.165, 1.54) is 0 Å². The molecule has 0 aliphatic carbocycles. The molecule has 2 heteroatoms. The van der Waals surface area contributed by atoms with Crippen molar-refractivity contribution >= 4 is 0 Å². The Morgan fingerprint density at radius 2 is 2.38 bits per heavy atom. The molecule has 0 radical (unpaired) electrons. The second kappa shape index (κ2) is 2.46. The van der Waals surface area contributed by atoms with Crippen molar-refractivity contribution in [2.24, 2.45) is 0 Å². The van der Waals surface area contributed by atoms with Gasteiger partial charge in [0.1, 0.15) is 0 Å². The van der Waals surface area contributed by atoms with E-state index in [9.17, 15) is 0 Å². The van der Waals surface area contributed by atoms with Crippen molar-refractivity contribution in [3.8, 4) is 0 Å². The fourth-order valence-corrected chi connectivity index (χ4v) is 1.22. The SMILES string of the molecule is C[C@H]1C[C@@H](O)CC[NH2+]1. The van der Waals surface area contributed by atoms with Crippen LogP contribution in [0.3, 0.4) is 0 Å². The van der Waals surface area contributed by atoms with Gasteiger partial charge in [-0.25, -0.2) is 0 Å². The molecule has 0 bridgehead atoms. The van der Waals surface area contributed by atoms with E-state index < -0.39 is 0 Å². The molecule has 1 aliphatic rings. The average Bonchev–Trinajstić information content (AvgIpc) is 1.64. The summed E-state index contributed by atoms with van der Waals surface area (Å²) in [6.07, 6.45) is 1.93. The first kappa shape index (κ1) is 6.05. The molecule has 0 unspecified atom stereocenters. The predicted molar refractivity (Wildman–Crippen MR) is 31.5 cm³/mol. The molecule has 1 rings (SSSR count). The van der Waals surface area contributed by atoms with E-state index >= 15 is 0 Å². The molecule has 0 aromatic rings. The van der Waals surface area contributed by atoms with Crippen molar-refractivity contribution in [3.05, 3.63) is 0 Å². The summed E-state index contributed by atoms with van der Waals surface area (Å²) in [5, 5.41) is 11.3. The molecule has 2 nitrogen and oxygen atoms in total. The first-order valence-electron chi connectivity index (χ1n) is 3.30. The van der Waals surface area contributed by atoms with Crippen LogP contribution in [0.5, 0.6) is 0 Å². The van der Waals surface area contributed by atoms with Crippen LogP contribution in [0.25, 0.3) is 0 Å². The van der Waals surface area contributed by atoms with Gasteiger partial charge in [-0.05, 0) is 6.92 Å². The minimum Gasteiger partial charge on any atom is -0.393 e. The average molecular weight is 116 g/mol. The van der Waals surface area contributed by atoms with E-state index in [1.54, 1.807) is 0 Å². The summed E-state index contributed by atoms with van der Waals surface area (Å²) in [5.41, 5.74) is 0. The second-order valence-electron chi connectivity index (χ2n) is 2.68. The number of nitrogens with two attached hydrogens (primary N) is 1. The zero-order valence-corrected chi connectivity index (χ0v) is 5.30. The summed E-state index contributed by atoms with van der Waals surface area (Å²) in [6.45, 7) is 3.25. The summed E-state index contributed by atoms with van der Waals surface area (Å²) >= 11 is 0. The van der Waals surface area contributed by atoms with Gasteiger partial charge in [0.15, 0.2) is 0 Å². The van der Waals surface area contributed by atoms with Crippen LogP contribution in [0.15, 0.2) is 0 Å². The summed E-state index contributed by atoms with van der Waals surface area (Å²) in [7, 11) is 0. The normalized spacial score (nSPS) is 39.8. The van der Waals surface area contributed by atoms with Crippen LogP contribution in [0.2, 0.25) is 0 Å². The monoisotopic (exact) mass is 116 g/mol. The van der Waals surface area contributed by atoms with E-state index in [0.29, 0.717) is 6.04 Å². The van der Waals surface area contributed by atoms with Gasteiger partial charge in [0.05, 0.1) is 18.7 Å². The number of piperidine rings is 1. The summed E-state index contributed by atoms with van der Waals surface area (Å²) in [6, 6.07) is 0.638. The largest absolute Gasteiger partial charge is 0.393 e. The maximum Gasteiger partial charge on any atom is 0.0855 e. The number of aliphatic hydroxyl groups excluding tert-OH is 1. The van der Waals surface area contributed by atoms with Crippen LogP contribution in [0.4, 0.5) is 0 Å². The second-order valence-corrected chi connectivity index (χ2v) is 2.68. The van der Waals surface area contributed by atoms with Gasteiger partial charge in [-0.15, -0.1) is 0 Å². The Labute approximate surface area is 49.9 Å². The molecule has 0 spiro atoms. The molecule has 8 heavy (non-hydrogen) atoms. The van der Waals surface area contributed by atoms with Crippen molar-refractivity contribution in [1.29, 1.82) is 0 Å². The van der Waals surface area contributed by atoms with E-state index in [-0.39, 0.29) is 6.10 Å². The predicted octanol–water partition coefficient (Wildman–Crippen LogP) is -0.907. The number of hydrogen-bond acceptors (Lipinski definition) is 1. The fraction of sp³-hybridized carbons (Fsp3) is 1.00. The van der Waals surface area contributed by atoms with Gasteiger partial charge >= 0.3 is 0 Å². The highest BCUT2D eigenvalue weighted by Gasteiger charge is 2.17. The van der Waals surface area contributed by atoms with Crippen LogP contribution in [-0.2, 0) is 0 Å². The fourth-order valence-electron chi connectivity index (χ4n) is 1.22. The number of quaternary nitrogens is 1. The van der Waals surface area contributed by atoms with Crippen LogP contribution in [0, 0.1) is 0 Å². The van der Waals surface area contributed by atoms with E-state index in [0.717, 1.165) is 19.4 Å². The highest BCUT2D eigenvalue weighted by Crippen LogP contribution is 2.00. The zero-order chi connectivity index (χ0) is 5.98. The molecule has 2 atom stereocenters. The Balaban J connectivity index is 2.23.